The maximum atomic E-state index is 12.4. The molecule has 0 aromatic heterocycles. The highest BCUT2D eigenvalue weighted by atomic mass is 35.5. The Morgan fingerprint density at radius 2 is 2.19 bits per heavy atom. The van der Waals surface area contributed by atoms with E-state index in [1.165, 1.54) is 0 Å². The summed E-state index contributed by atoms with van der Waals surface area (Å²) in [4.78, 5) is 19.7. The Hall–Kier alpha value is -2.23. The van der Waals surface area contributed by atoms with Gasteiger partial charge in [-0.2, -0.15) is 0 Å². The van der Waals surface area contributed by atoms with E-state index < -0.39 is 11.2 Å². The molecule has 1 amide bonds. The number of amides is 1. The molecule has 0 aliphatic carbocycles. The highest BCUT2D eigenvalue weighted by Gasteiger charge is 2.55. The van der Waals surface area contributed by atoms with E-state index >= 15 is 0 Å². The SMILES string of the molecule is COC1CN(C(=O)OC(C)(C)C)CC12CC(C#Cc1cccc(Cl)c1)=NO2. The quantitative estimate of drug-likeness (QED) is 0.689. The van der Waals surface area contributed by atoms with Crippen molar-refractivity contribution in [1.29, 1.82) is 0 Å². The summed E-state index contributed by atoms with van der Waals surface area (Å²) < 4.78 is 11.0. The molecule has 1 fully saturated rings. The number of hydrogen-bond acceptors (Lipinski definition) is 5. The number of rotatable bonds is 1. The minimum Gasteiger partial charge on any atom is -0.444 e. The van der Waals surface area contributed by atoms with Crippen LogP contribution in [-0.2, 0) is 14.3 Å². The number of hydrogen-bond donors (Lipinski definition) is 0. The predicted molar refractivity (Wildman–Crippen MR) is 103 cm³/mol. The molecule has 0 saturated carbocycles. The van der Waals surface area contributed by atoms with Crippen molar-refractivity contribution < 1.29 is 19.1 Å². The lowest BCUT2D eigenvalue weighted by molar-refractivity contribution is -0.0904. The maximum Gasteiger partial charge on any atom is 0.410 e. The topological polar surface area (TPSA) is 60.4 Å². The van der Waals surface area contributed by atoms with Crippen molar-refractivity contribution in [3.05, 3.63) is 34.9 Å². The van der Waals surface area contributed by atoms with Gasteiger partial charge in [0.25, 0.3) is 0 Å². The molecule has 0 N–H and O–H groups in total. The molecule has 3 rings (SSSR count). The molecule has 27 heavy (non-hydrogen) atoms. The second-order valence-corrected chi connectivity index (χ2v) is 8.15. The summed E-state index contributed by atoms with van der Waals surface area (Å²) in [5, 5.41) is 4.76. The largest absolute Gasteiger partial charge is 0.444 e. The van der Waals surface area contributed by atoms with Crippen LogP contribution < -0.4 is 0 Å². The van der Waals surface area contributed by atoms with E-state index in [0.717, 1.165) is 5.56 Å². The number of methoxy groups -OCH3 is 1. The van der Waals surface area contributed by atoms with Gasteiger partial charge in [0.1, 0.15) is 17.4 Å². The van der Waals surface area contributed by atoms with Crippen LogP contribution in [0.25, 0.3) is 0 Å². The number of carbonyl (C=O) groups excluding carboxylic acids is 1. The van der Waals surface area contributed by atoms with Gasteiger partial charge in [-0.3, -0.25) is 0 Å². The van der Waals surface area contributed by atoms with Gasteiger partial charge in [0.05, 0.1) is 13.1 Å². The predicted octanol–water partition coefficient (Wildman–Crippen LogP) is 3.47. The smallest absolute Gasteiger partial charge is 0.410 e. The second kappa shape index (κ2) is 7.41. The van der Waals surface area contributed by atoms with Crippen molar-refractivity contribution in [2.75, 3.05) is 20.2 Å². The van der Waals surface area contributed by atoms with Crippen LogP contribution in [0.2, 0.25) is 5.02 Å². The molecule has 1 aromatic rings. The van der Waals surface area contributed by atoms with E-state index in [2.05, 4.69) is 17.0 Å². The summed E-state index contributed by atoms with van der Waals surface area (Å²) in [5.74, 6) is 6.07. The molecule has 2 heterocycles. The average molecular weight is 391 g/mol. The summed E-state index contributed by atoms with van der Waals surface area (Å²) in [6.45, 7) is 6.23. The molecule has 1 saturated heterocycles. The van der Waals surface area contributed by atoms with Crippen molar-refractivity contribution in [2.24, 2.45) is 5.16 Å². The van der Waals surface area contributed by atoms with Crippen molar-refractivity contribution in [3.63, 3.8) is 0 Å². The van der Waals surface area contributed by atoms with E-state index in [4.69, 9.17) is 25.9 Å². The standard InChI is InChI=1S/C20H23ClN2O4/c1-19(2,3)26-18(24)23-12-17(25-4)20(13-23)11-16(22-27-20)9-8-14-6-5-7-15(21)10-14/h5-7,10,17H,11-13H2,1-4H3. The fraction of sp³-hybridized carbons (Fsp3) is 0.500. The Labute approximate surface area is 164 Å². The zero-order valence-electron chi connectivity index (χ0n) is 15.9. The van der Waals surface area contributed by atoms with Crippen LogP contribution in [0, 0.1) is 11.8 Å². The first kappa shape index (κ1) is 19.5. The minimum atomic E-state index is -0.732. The molecule has 144 valence electrons. The van der Waals surface area contributed by atoms with E-state index in [-0.39, 0.29) is 12.2 Å². The van der Waals surface area contributed by atoms with Crippen LogP contribution in [0.3, 0.4) is 0 Å². The molecule has 2 unspecified atom stereocenters. The van der Waals surface area contributed by atoms with Gasteiger partial charge in [-0.05, 0) is 44.9 Å². The molecule has 1 aromatic carbocycles. The Morgan fingerprint density at radius 3 is 2.85 bits per heavy atom. The van der Waals surface area contributed by atoms with Crippen LogP contribution in [0.15, 0.2) is 29.4 Å². The molecule has 7 heteroatoms. The first-order valence-corrected chi connectivity index (χ1v) is 9.12. The third kappa shape index (κ3) is 4.55. The van der Waals surface area contributed by atoms with Crippen LogP contribution in [0.1, 0.15) is 32.8 Å². The zero-order valence-corrected chi connectivity index (χ0v) is 16.7. The van der Waals surface area contributed by atoms with Crippen molar-refractivity contribution in [3.8, 4) is 11.8 Å². The Kier molecular flexibility index (Phi) is 5.36. The summed E-state index contributed by atoms with van der Waals surface area (Å²) in [5.41, 5.74) is 0.124. The number of likely N-dealkylation sites (tertiary alicyclic amines) is 1. The van der Waals surface area contributed by atoms with Crippen LogP contribution >= 0.6 is 11.6 Å². The molecule has 2 atom stereocenters. The Morgan fingerprint density at radius 1 is 1.41 bits per heavy atom. The summed E-state index contributed by atoms with van der Waals surface area (Å²) >= 11 is 5.98. The number of ether oxygens (including phenoxy) is 2. The fourth-order valence-corrected chi connectivity index (χ4v) is 3.33. The summed E-state index contributed by atoms with van der Waals surface area (Å²) in [7, 11) is 1.60. The highest BCUT2D eigenvalue weighted by molar-refractivity contribution is 6.30. The van der Waals surface area contributed by atoms with Gasteiger partial charge in [-0.1, -0.05) is 28.7 Å². The van der Waals surface area contributed by atoms with Crippen LogP contribution in [0.5, 0.6) is 0 Å². The lowest BCUT2D eigenvalue weighted by Gasteiger charge is -2.26. The molecule has 0 radical (unpaired) electrons. The van der Waals surface area contributed by atoms with Gasteiger partial charge in [-0.15, -0.1) is 0 Å². The average Bonchev–Trinajstić information content (AvgIpc) is 3.16. The van der Waals surface area contributed by atoms with Gasteiger partial charge < -0.3 is 19.2 Å². The van der Waals surface area contributed by atoms with Gasteiger partial charge in [0.15, 0.2) is 5.60 Å². The number of nitrogens with zero attached hydrogens (tertiary/aromatic N) is 2. The number of oxime groups is 1. The van der Waals surface area contributed by atoms with Crippen LogP contribution in [-0.4, -0.2) is 54.2 Å². The lowest BCUT2D eigenvalue weighted by atomic mass is 9.94. The molecule has 0 bridgehead atoms. The highest BCUT2D eigenvalue weighted by Crippen LogP contribution is 2.36. The normalized spacial score (nSPS) is 24.3. The van der Waals surface area contributed by atoms with E-state index in [0.29, 0.717) is 30.2 Å². The van der Waals surface area contributed by atoms with Gasteiger partial charge in [0.2, 0.25) is 0 Å². The molecule has 2 aliphatic rings. The lowest BCUT2D eigenvalue weighted by Crippen LogP contribution is -2.43. The summed E-state index contributed by atoms with van der Waals surface area (Å²) in [6.07, 6.45) is -0.221. The van der Waals surface area contributed by atoms with E-state index in [1.54, 1.807) is 24.1 Å². The van der Waals surface area contributed by atoms with E-state index in [1.807, 2.05) is 32.9 Å². The molecular weight excluding hydrogens is 368 g/mol. The monoisotopic (exact) mass is 390 g/mol. The Bertz CT molecular complexity index is 821. The van der Waals surface area contributed by atoms with E-state index in [9.17, 15) is 4.79 Å². The fourth-order valence-electron chi connectivity index (χ4n) is 3.14. The minimum absolute atomic E-state index is 0.306. The van der Waals surface area contributed by atoms with Gasteiger partial charge in [-0.25, -0.2) is 4.79 Å². The van der Waals surface area contributed by atoms with Crippen molar-refractivity contribution in [1.82, 2.24) is 4.90 Å². The number of benzene rings is 1. The second-order valence-electron chi connectivity index (χ2n) is 7.72. The van der Waals surface area contributed by atoms with Gasteiger partial charge in [0, 0.05) is 24.1 Å². The third-order valence-electron chi connectivity index (χ3n) is 4.35. The zero-order chi connectivity index (χ0) is 19.7. The number of halogens is 1. The number of carbonyl (C=O) groups is 1. The maximum absolute atomic E-state index is 12.4. The first-order chi connectivity index (χ1) is 12.7. The summed E-state index contributed by atoms with van der Waals surface area (Å²) in [6, 6.07) is 7.31. The third-order valence-corrected chi connectivity index (χ3v) is 4.58. The first-order valence-electron chi connectivity index (χ1n) is 8.74. The molecule has 1 spiro atoms. The molecule has 6 nitrogen and oxygen atoms in total. The van der Waals surface area contributed by atoms with Gasteiger partial charge >= 0.3 is 6.09 Å². The molecular formula is C20H23ClN2O4. The van der Waals surface area contributed by atoms with Crippen LogP contribution in [0.4, 0.5) is 4.79 Å². The Balaban J connectivity index is 1.70. The van der Waals surface area contributed by atoms with Crippen molar-refractivity contribution in [2.45, 2.75) is 44.5 Å². The van der Waals surface area contributed by atoms with Crippen molar-refractivity contribution >= 4 is 23.4 Å². The molecule has 2 aliphatic heterocycles.